The van der Waals surface area contributed by atoms with Crippen LogP contribution in [0.3, 0.4) is 0 Å². The maximum atomic E-state index is 12.0. The van der Waals surface area contributed by atoms with E-state index in [2.05, 4.69) is 20.3 Å². The van der Waals surface area contributed by atoms with Crippen LogP contribution in [-0.4, -0.2) is 54.1 Å². The zero-order chi connectivity index (χ0) is 15.6. The Kier molecular flexibility index (Phi) is 2.67. The molecule has 118 valence electrons. The predicted molar refractivity (Wildman–Crippen MR) is 76.8 cm³/mol. The molecule has 9 heteroatoms. The first-order valence-corrected chi connectivity index (χ1v) is 7.09. The van der Waals surface area contributed by atoms with Crippen LogP contribution < -0.4 is 16.6 Å². The molecule has 22 heavy (non-hydrogen) atoms. The molecular weight excluding hydrogens is 290 g/mol. The summed E-state index contributed by atoms with van der Waals surface area (Å²) in [6, 6.07) is -0.627. The molecule has 2 aromatic rings. The molecule has 2 aliphatic carbocycles. The van der Waals surface area contributed by atoms with Crippen LogP contribution >= 0.6 is 0 Å². The molecule has 2 aliphatic rings. The van der Waals surface area contributed by atoms with Gasteiger partial charge in [0.05, 0.1) is 29.2 Å². The lowest BCUT2D eigenvalue weighted by atomic mass is 10.1. The van der Waals surface area contributed by atoms with Crippen LogP contribution in [-0.2, 0) is 6.54 Å². The smallest absolute Gasteiger partial charge is 0.262 e. The van der Waals surface area contributed by atoms with Gasteiger partial charge in [-0.2, -0.15) is 4.98 Å². The molecule has 0 spiro atoms. The number of aliphatic hydroxyl groups is 3. The zero-order valence-electron chi connectivity index (χ0n) is 11.6. The van der Waals surface area contributed by atoms with E-state index in [1.807, 2.05) is 0 Å². The van der Waals surface area contributed by atoms with Crippen molar-refractivity contribution in [1.29, 1.82) is 0 Å². The molecule has 0 radical (unpaired) electrons. The number of rotatable bonds is 3. The van der Waals surface area contributed by atoms with E-state index in [1.165, 1.54) is 0 Å². The van der Waals surface area contributed by atoms with E-state index >= 15 is 0 Å². The molecule has 8 N–H and O–H groups in total. The number of fused-ring (bicyclic) bond motifs is 2. The number of nitrogens with zero attached hydrogens (tertiary/aromatic N) is 1. The maximum Gasteiger partial charge on any atom is 0.262 e. The van der Waals surface area contributed by atoms with Crippen molar-refractivity contribution >= 4 is 17.0 Å². The first kappa shape index (κ1) is 13.7. The second-order valence-corrected chi connectivity index (χ2v) is 6.13. The van der Waals surface area contributed by atoms with Gasteiger partial charge in [-0.05, 0) is 12.0 Å². The second-order valence-electron chi connectivity index (χ2n) is 6.13. The minimum Gasteiger partial charge on any atom is -0.390 e. The number of nitrogen functional groups attached to an aromatic ring is 1. The largest absolute Gasteiger partial charge is 0.390 e. The molecule has 9 nitrogen and oxygen atoms in total. The van der Waals surface area contributed by atoms with Gasteiger partial charge in [-0.15, -0.1) is 0 Å². The Morgan fingerprint density at radius 3 is 2.91 bits per heavy atom. The van der Waals surface area contributed by atoms with Gasteiger partial charge >= 0.3 is 0 Å². The molecule has 1 unspecified atom stereocenters. The highest BCUT2D eigenvalue weighted by Gasteiger charge is 2.70. The summed E-state index contributed by atoms with van der Waals surface area (Å²) in [5.74, 6) is -0.254. The van der Waals surface area contributed by atoms with Crippen LogP contribution in [0.25, 0.3) is 11.0 Å². The van der Waals surface area contributed by atoms with E-state index in [9.17, 15) is 20.1 Å². The highest BCUT2D eigenvalue weighted by atomic mass is 16.4. The van der Waals surface area contributed by atoms with Gasteiger partial charge in [0.1, 0.15) is 5.65 Å². The number of nitrogens with one attached hydrogen (secondary N) is 3. The lowest BCUT2D eigenvalue weighted by Crippen LogP contribution is -2.48. The molecule has 0 saturated heterocycles. The lowest BCUT2D eigenvalue weighted by molar-refractivity contribution is -0.000133. The van der Waals surface area contributed by atoms with E-state index in [0.717, 1.165) is 0 Å². The third-order valence-corrected chi connectivity index (χ3v) is 4.83. The summed E-state index contributed by atoms with van der Waals surface area (Å²) in [4.78, 5) is 21.3. The summed E-state index contributed by atoms with van der Waals surface area (Å²) in [6.07, 6.45) is 0.150. The van der Waals surface area contributed by atoms with E-state index in [0.29, 0.717) is 23.0 Å². The molecule has 2 fully saturated rings. The van der Waals surface area contributed by atoms with E-state index < -0.39 is 23.9 Å². The SMILES string of the molecule is Nc1nc2[nH]cc(CNC3[C@H](O)[C@H](O)[C@H]4C[C@]34O)c2c(=O)[nH]1. The van der Waals surface area contributed by atoms with Crippen molar-refractivity contribution in [3.8, 4) is 0 Å². The Hall–Kier alpha value is -1.94. The molecule has 4 rings (SSSR count). The van der Waals surface area contributed by atoms with Gasteiger partial charge in [-0.1, -0.05) is 0 Å². The number of aromatic amines is 2. The van der Waals surface area contributed by atoms with E-state index in [4.69, 9.17) is 5.73 Å². The first-order valence-electron chi connectivity index (χ1n) is 7.09. The summed E-state index contributed by atoms with van der Waals surface area (Å²) in [5, 5.41) is 33.5. The topological polar surface area (TPSA) is 160 Å². The fourth-order valence-electron chi connectivity index (χ4n) is 3.58. The van der Waals surface area contributed by atoms with Gasteiger partial charge in [-0.25, -0.2) is 0 Å². The normalized spacial score (nSPS) is 36.7. The predicted octanol–water partition coefficient (Wildman–Crippen LogP) is -2.22. The Labute approximate surface area is 124 Å². The number of anilines is 1. The number of nitrogens with two attached hydrogens (primary N) is 1. The molecule has 0 aromatic carbocycles. The Bertz CT molecular complexity index is 801. The zero-order valence-corrected chi connectivity index (χ0v) is 11.6. The number of hydrogen-bond acceptors (Lipinski definition) is 7. The number of hydrogen-bond donors (Lipinski definition) is 7. The first-order chi connectivity index (χ1) is 10.4. The molecule has 0 bridgehead atoms. The third kappa shape index (κ3) is 1.73. The van der Waals surface area contributed by atoms with Crippen molar-refractivity contribution in [2.45, 2.75) is 36.8 Å². The van der Waals surface area contributed by atoms with Gasteiger partial charge in [0.25, 0.3) is 5.56 Å². The Morgan fingerprint density at radius 1 is 1.45 bits per heavy atom. The maximum absolute atomic E-state index is 12.0. The molecular formula is C13H17N5O4. The molecule has 0 amide bonds. The van der Waals surface area contributed by atoms with Crippen molar-refractivity contribution in [2.75, 3.05) is 5.73 Å². The quantitative estimate of drug-likeness (QED) is 0.338. The van der Waals surface area contributed by atoms with E-state index in [1.54, 1.807) is 6.20 Å². The average molecular weight is 307 g/mol. The van der Waals surface area contributed by atoms with Gasteiger partial charge in [0, 0.05) is 18.7 Å². The van der Waals surface area contributed by atoms with Crippen molar-refractivity contribution in [3.05, 3.63) is 22.1 Å². The molecule has 2 saturated carbocycles. The monoisotopic (exact) mass is 307 g/mol. The van der Waals surface area contributed by atoms with Gasteiger partial charge in [0.2, 0.25) is 5.95 Å². The summed E-state index contributed by atoms with van der Waals surface area (Å²) in [6.45, 7) is 0.248. The number of aliphatic hydroxyl groups excluding tert-OH is 2. The standard InChI is InChI=1S/C13H17N5O4/c14-12-17-10-6(11(21)18-12)4(3-16-10)2-15-9-8(20)7(19)5-1-13(5,9)22/h3,5,7-9,15,19-20,22H,1-2H2,(H4,14,16,17,18,21)/t5-,7-,8-,9?,13-/m1/s1. The number of H-pyrrole nitrogens is 2. The van der Waals surface area contributed by atoms with Crippen LogP contribution in [0.15, 0.2) is 11.0 Å². The fraction of sp³-hybridized carbons (Fsp3) is 0.538. The van der Waals surface area contributed by atoms with Crippen molar-refractivity contribution in [1.82, 2.24) is 20.3 Å². The second kappa shape index (κ2) is 4.29. The minimum atomic E-state index is -1.07. The van der Waals surface area contributed by atoms with Crippen LogP contribution in [0.4, 0.5) is 5.95 Å². The molecule has 5 atom stereocenters. The minimum absolute atomic E-state index is 0.0309. The van der Waals surface area contributed by atoms with Crippen molar-refractivity contribution in [3.63, 3.8) is 0 Å². The third-order valence-electron chi connectivity index (χ3n) is 4.83. The van der Waals surface area contributed by atoms with Crippen LogP contribution in [0, 0.1) is 5.92 Å². The Morgan fingerprint density at radius 2 is 2.23 bits per heavy atom. The molecule has 0 aliphatic heterocycles. The summed E-state index contributed by atoms with van der Waals surface area (Å²) in [5.41, 5.74) is 5.10. The highest BCUT2D eigenvalue weighted by molar-refractivity contribution is 5.79. The molecule has 2 aromatic heterocycles. The summed E-state index contributed by atoms with van der Waals surface area (Å²) < 4.78 is 0. The van der Waals surface area contributed by atoms with Crippen LogP contribution in [0.1, 0.15) is 12.0 Å². The average Bonchev–Trinajstić information content (AvgIpc) is 2.90. The van der Waals surface area contributed by atoms with Crippen LogP contribution in [0.5, 0.6) is 0 Å². The van der Waals surface area contributed by atoms with Gasteiger partial charge in [0.15, 0.2) is 0 Å². The summed E-state index contributed by atoms with van der Waals surface area (Å²) in [7, 11) is 0. The van der Waals surface area contributed by atoms with Crippen molar-refractivity contribution < 1.29 is 15.3 Å². The van der Waals surface area contributed by atoms with E-state index in [-0.39, 0.29) is 24.0 Å². The lowest BCUT2D eigenvalue weighted by Gasteiger charge is -2.24. The van der Waals surface area contributed by atoms with Gasteiger partial charge < -0.3 is 31.4 Å². The molecule has 2 heterocycles. The fourth-order valence-corrected chi connectivity index (χ4v) is 3.58. The van der Waals surface area contributed by atoms with Crippen molar-refractivity contribution in [2.24, 2.45) is 5.92 Å². The Balaban J connectivity index is 1.59. The number of aromatic nitrogens is 3. The van der Waals surface area contributed by atoms with Gasteiger partial charge in [-0.3, -0.25) is 9.78 Å². The summed E-state index contributed by atoms with van der Waals surface area (Å²) >= 11 is 0. The van der Waals surface area contributed by atoms with Crippen LogP contribution in [0.2, 0.25) is 0 Å². The highest BCUT2D eigenvalue weighted by Crippen LogP contribution is 2.55.